The maximum absolute atomic E-state index is 9.39. The fourth-order valence-electron chi connectivity index (χ4n) is 3.64. The Morgan fingerprint density at radius 1 is 1.00 bits per heavy atom. The fourth-order valence-corrected chi connectivity index (χ4v) is 3.64. The molecule has 0 bridgehead atoms. The topological polar surface area (TPSA) is 58.5 Å². The Balaban J connectivity index is 1.44. The molecule has 1 aliphatic heterocycles. The Morgan fingerprint density at radius 2 is 1.73 bits per heavy atom. The van der Waals surface area contributed by atoms with Crippen molar-refractivity contribution in [2.45, 2.75) is 24.9 Å². The third-order valence-corrected chi connectivity index (χ3v) is 5.23. The molecule has 26 heavy (non-hydrogen) atoms. The van der Waals surface area contributed by atoms with Gasteiger partial charge < -0.3 is 14.7 Å². The number of benzene rings is 2. The van der Waals surface area contributed by atoms with Crippen LogP contribution in [-0.2, 0) is 12.0 Å². The van der Waals surface area contributed by atoms with Crippen LogP contribution in [0.2, 0.25) is 0 Å². The zero-order valence-electron chi connectivity index (χ0n) is 14.3. The summed E-state index contributed by atoms with van der Waals surface area (Å²) >= 11 is 0. The summed E-state index contributed by atoms with van der Waals surface area (Å²) in [5, 5.41) is 9.39. The predicted molar refractivity (Wildman–Crippen MR) is 98.8 cm³/mol. The van der Waals surface area contributed by atoms with Gasteiger partial charge in [-0.15, -0.1) is 0 Å². The monoisotopic (exact) mass is 345 g/mol. The molecule has 2 heterocycles. The van der Waals surface area contributed by atoms with E-state index in [4.69, 9.17) is 4.74 Å². The van der Waals surface area contributed by atoms with Gasteiger partial charge in [0.1, 0.15) is 23.9 Å². The van der Waals surface area contributed by atoms with Gasteiger partial charge in [0.25, 0.3) is 0 Å². The molecular formula is C21H19N3O2. The second-order valence-electron chi connectivity index (χ2n) is 6.96. The minimum Gasteiger partial charge on any atom is -0.457 e. The van der Waals surface area contributed by atoms with Crippen molar-refractivity contribution < 1.29 is 9.84 Å². The molecule has 1 aromatic heterocycles. The lowest BCUT2D eigenvalue weighted by Gasteiger charge is -2.19. The van der Waals surface area contributed by atoms with Crippen molar-refractivity contribution in [1.29, 1.82) is 0 Å². The van der Waals surface area contributed by atoms with E-state index >= 15 is 0 Å². The van der Waals surface area contributed by atoms with Crippen LogP contribution >= 0.6 is 0 Å². The van der Waals surface area contributed by atoms with Gasteiger partial charge in [-0.25, -0.2) is 9.97 Å². The smallest absolute Gasteiger partial charge is 0.156 e. The van der Waals surface area contributed by atoms with Crippen LogP contribution in [0.4, 0.5) is 11.5 Å². The third-order valence-electron chi connectivity index (χ3n) is 5.23. The summed E-state index contributed by atoms with van der Waals surface area (Å²) in [4.78, 5) is 11.1. The first-order valence-corrected chi connectivity index (χ1v) is 8.85. The highest BCUT2D eigenvalue weighted by atomic mass is 16.5. The van der Waals surface area contributed by atoms with E-state index in [9.17, 15) is 5.11 Å². The Labute approximate surface area is 151 Å². The minimum atomic E-state index is -0.141. The second kappa shape index (κ2) is 5.81. The van der Waals surface area contributed by atoms with Crippen LogP contribution in [0.1, 0.15) is 24.2 Å². The second-order valence-corrected chi connectivity index (χ2v) is 6.96. The zero-order chi connectivity index (χ0) is 17.6. The largest absolute Gasteiger partial charge is 0.457 e. The SMILES string of the molecule is OCc1ncc2c(n1)N(c1ccc(Oc3ccccc3)cc1)CC21CC1. The van der Waals surface area contributed by atoms with E-state index in [2.05, 4.69) is 27.0 Å². The van der Waals surface area contributed by atoms with Gasteiger partial charge in [-0.2, -0.15) is 0 Å². The average Bonchev–Trinajstić information content (AvgIpc) is 3.40. The zero-order valence-corrected chi connectivity index (χ0v) is 14.3. The number of hydrogen-bond acceptors (Lipinski definition) is 5. The van der Waals surface area contributed by atoms with Gasteiger partial charge in [-0.05, 0) is 49.2 Å². The number of hydrogen-bond donors (Lipinski definition) is 1. The molecule has 1 N–H and O–H groups in total. The number of para-hydroxylation sites is 1. The van der Waals surface area contributed by atoms with E-state index in [0.717, 1.165) is 29.5 Å². The third kappa shape index (κ3) is 2.52. The van der Waals surface area contributed by atoms with Gasteiger partial charge >= 0.3 is 0 Å². The van der Waals surface area contributed by atoms with E-state index in [1.165, 1.54) is 18.4 Å². The quantitative estimate of drug-likeness (QED) is 0.776. The maximum atomic E-state index is 9.39. The summed E-state index contributed by atoms with van der Waals surface area (Å²) < 4.78 is 5.88. The molecule has 130 valence electrons. The van der Waals surface area contributed by atoms with Crippen LogP contribution in [0.3, 0.4) is 0 Å². The van der Waals surface area contributed by atoms with E-state index in [1.54, 1.807) is 0 Å². The van der Waals surface area contributed by atoms with Crippen LogP contribution in [0.15, 0.2) is 60.8 Å². The van der Waals surface area contributed by atoms with Crippen LogP contribution in [0.25, 0.3) is 0 Å². The molecule has 5 heteroatoms. The number of ether oxygens (including phenoxy) is 1. The van der Waals surface area contributed by atoms with Crippen molar-refractivity contribution in [2.75, 3.05) is 11.4 Å². The van der Waals surface area contributed by atoms with E-state index < -0.39 is 0 Å². The first-order chi connectivity index (χ1) is 12.8. The number of aromatic nitrogens is 2. The molecule has 3 aromatic rings. The van der Waals surface area contributed by atoms with Crippen molar-refractivity contribution in [2.24, 2.45) is 0 Å². The minimum absolute atomic E-state index is 0.141. The Hall–Kier alpha value is -2.92. The Morgan fingerprint density at radius 3 is 2.42 bits per heavy atom. The van der Waals surface area contributed by atoms with Gasteiger partial charge in [-0.1, -0.05) is 18.2 Å². The summed E-state index contributed by atoms with van der Waals surface area (Å²) in [7, 11) is 0. The van der Waals surface area contributed by atoms with Gasteiger partial charge in [0.05, 0.1) is 0 Å². The fraction of sp³-hybridized carbons (Fsp3) is 0.238. The molecule has 5 rings (SSSR count). The average molecular weight is 345 g/mol. The number of anilines is 2. The molecule has 1 saturated carbocycles. The van der Waals surface area contributed by atoms with Crippen molar-refractivity contribution in [3.63, 3.8) is 0 Å². The Kier molecular flexibility index (Phi) is 3.43. The molecule has 2 aromatic carbocycles. The lowest BCUT2D eigenvalue weighted by atomic mass is 10.0. The van der Waals surface area contributed by atoms with E-state index in [-0.39, 0.29) is 12.0 Å². The van der Waals surface area contributed by atoms with Crippen LogP contribution in [0.5, 0.6) is 11.5 Å². The van der Waals surface area contributed by atoms with Crippen molar-refractivity contribution in [3.05, 3.63) is 72.2 Å². The van der Waals surface area contributed by atoms with Crippen LogP contribution in [-0.4, -0.2) is 21.6 Å². The molecule has 1 aliphatic carbocycles. The van der Waals surface area contributed by atoms with E-state index in [1.807, 2.05) is 48.7 Å². The number of aliphatic hydroxyl groups excluding tert-OH is 1. The van der Waals surface area contributed by atoms with Crippen LogP contribution < -0.4 is 9.64 Å². The van der Waals surface area contributed by atoms with E-state index in [0.29, 0.717) is 5.82 Å². The Bertz CT molecular complexity index is 937. The standard InChI is InChI=1S/C21H19N3O2/c25-13-19-22-12-18-20(23-19)24(14-21(18)10-11-21)15-6-8-17(9-7-15)26-16-4-2-1-3-5-16/h1-9,12,25H,10-11,13-14H2. The number of nitrogens with zero attached hydrogens (tertiary/aromatic N) is 3. The molecule has 0 saturated heterocycles. The van der Waals surface area contributed by atoms with Gasteiger partial charge in [0, 0.05) is 29.4 Å². The van der Waals surface area contributed by atoms with Gasteiger partial charge in [-0.3, -0.25) is 0 Å². The summed E-state index contributed by atoms with van der Waals surface area (Å²) in [6.07, 6.45) is 4.24. The highest BCUT2D eigenvalue weighted by Crippen LogP contribution is 2.57. The summed E-state index contributed by atoms with van der Waals surface area (Å²) in [5.74, 6) is 3.03. The number of rotatable bonds is 4. The van der Waals surface area contributed by atoms with Crippen molar-refractivity contribution in [1.82, 2.24) is 9.97 Å². The predicted octanol–water partition coefficient (Wildman–Crippen LogP) is 3.94. The van der Waals surface area contributed by atoms with Crippen LogP contribution in [0, 0.1) is 0 Å². The molecule has 2 aliphatic rings. The highest BCUT2D eigenvalue weighted by Gasteiger charge is 2.53. The summed E-state index contributed by atoms with van der Waals surface area (Å²) in [6.45, 7) is 0.781. The lowest BCUT2D eigenvalue weighted by Crippen LogP contribution is -2.19. The first-order valence-electron chi connectivity index (χ1n) is 8.85. The normalized spacial score (nSPS) is 16.6. The summed E-state index contributed by atoms with van der Waals surface area (Å²) in [5.41, 5.74) is 2.49. The summed E-state index contributed by atoms with van der Waals surface area (Å²) in [6, 6.07) is 17.8. The molecule has 0 unspecified atom stereocenters. The molecule has 1 fully saturated rings. The molecule has 0 amide bonds. The molecule has 0 radical (unpaired) electrons. The van der Waals surface area contributed by atoms with Crippen molar-refractivity contribution in [3.8, 4) is 11.5 Å². The number of aliphatic hydroxyl groups is 1. The first kappa shape index (κ1) is 15.3. The maximum Gasteiger partial charge on any atom is 0.156 e. The van der Waals surface area contributed by atoms with Gasteiger partial charge in [0.2, 0.25) is 0 Å². The molecule has 0 atom stereocenters. The lowest BCUT2D eigenvalue weighted by molar-refractivity contribution is 0.271. The highest BCUT2D eigenvalue weighted by molar-refractivity contribution is 5.71. The molecular weight excluding hydrogens is 326 g/mol. The molecule has 5 nitrogen and oxygen atoms in total. The van der Waals surface area contributed by atoms with Gasteiger partial charge in [0.15, 0.2) is 5.82 Å². The molecule has 1 spiro atoms. The number of fused-ring (bicyclic) bond motifs is 2. The van der Waals surface area contributed by atoms with Crippen molar-refractivity contribution >= 4 is 11.5 Å².